The first-order valence-corrected chi connectivity index (χ1v) is 7.12. The molecule has 2 aliphatic rings. The van der Waals surface area contributed by atoms with Crippen molar-refractivity contribution in [2.24, 2.45) is 5.73 Å². The van der Waals surface area contributed by atoms with Gasteiger partial charge in [0.25, 0.3) is 5.91 Å². The van der Waals surface area contributed by atoms with Gasteiger partial charge in [-0.3, -0.25) is 9.69 Å². The standard InChI is InChI=1S/C15H21N3O/c16-10-11-3-5-12(6-4-11)15(19)17-13-7-9-18-8-1-2-14(13)18/h3-6,13-14H,1-2,7-10,16H2,(H,17,19). The molecule has 4 heteroatoms. The molecule has 1 aromatic carbocycles. The van der Waals surface area contributed by atoms with Crippen LogP contribution in [0.3, 0.4) is 0 Å². The van der Waals surface area contributed by atoms with Gasteiger partial charge in [-0.2, -0.15) is 0 Å². The minimum Gasteiger partial charge on any atom is -0.348 e. The molecular weight excluding hydrogens is 238 g/mol. The molecule has 2 atom stereocenters. The Kier molecular flexibility index (Phi) is 3.53. The lowest BCUT2D eigenvalue weighted by Crippen LogP contribution is -2.42. The fraction of sp³-hybridized carbons (Fsp3) is 0.533. The lowest BCUT2D eigenvalue weighted by Gasteiger charge is -2.21. The molecule has 2 fully saturated rings. The highest BCUT2D eigenvalue weighted by molar-refractivity contribution is 5.94. The Balaban J connectivity index is 1.64. The Morgan fingerprint density at radius 3 is 2.79 bits per heavy atom. The molecule has 3 rings (SSSR count). The number of amides is 1. The largest absolute Gasteiger partial charge is 0.348 e. The summed E-state index contributed by atoms with van der Waals surface area (Å²) in [5.41, 5.74) is 7.35. The zero-order chi connectivity index (χ0) is 13.2. The lowest BCUT2D eigenvalue weighted by molar-refractivity contribution is 0.0929. The van der Waals surface area contributed by atoms with Gasteiger partial charge < -0.3 is 11.1 Å². The second-order valence-corrected chi connectivity index (χ2v) is 5.52. The van der Waals surface area contributed by atoms with Gasteiger partial charge in [0.1, 0.15) is 0 Å². The summed E-state index contributed by atoms with van der Waals surface area (Å²) in [7, 11) is 0. The van der Waals surface area contributed by atoms with E-state index >= 15 is 0 Å². The molecule has 1 amide bonds. The van der Waals surface area contributed by atoms with Gasteiger partial charge in [-0.15, -0.1) is 0 Å². The Bertz CT molecular complexity index is 457. The van der Waals surface area contributed by atoms with Crippen LogP contribution in [0.2, 0.25) is 0 Å². The third-order valence-electron chi connectivity index (χ3n) is 4.37. The lowest BCUT2D eigenvalue weighted by atomic mass is 10.1. The Morgan fingerprint density at radius 1 is 1.26 bits per heavy atom. The fourth-order valence-electron chi connectivity index (χ4n) is 3.29. The summed E-state index contributed by atoms with van der Waals surface area (Å²) in [6.45, 7) is 2.84. The quantitative estimate of drug-likeness (QED) is 0.855. The van der Waals surface area contributed by atoms with E-state index in [9.17, 15) is 4.79 Å². The Morgan fingerprint density at radius 2 is 2.05 bits per heavy atom. The second kappa shape index (κ2) is 5.31. The number of hydrogen-bond acceptors (Lipinski definition) is 3. The van der Waals surface area contributed by atoms with Crippen molar-refractivity contribution in [3.63, 3.8) is 0 Å². The van der Waals surface area contributed by atoms with E-state index in [0.29, 0.717) is 18.6 Å². The number of nitrogens with two attached hydrogens (primary N) is 1. The van der Waals surface area contributed by atoms with Crippen LogP contribution in [0, 0.1) is 0 Å². The van der Waals surface area contributed by atoms with Gasteiger partial charge in [0.05, 0.1) is 0 Å². The van der Waals surface area contributed by atoms with Crippen LogP contribution in [0.1, 0.15) is 35.2 Å². The molecule has 0 saturated carbocycles. The number of fused-ring (bicyclic) bond motifs is 1. The Hall–Kier alpha value is -1.39. The number of hydrogen-bond donors (Lipinski definition) is 2. The first-order chi connectivity index (χ1) is 9.28. The molecule has 0 aliphatic carbocycles. The van der Waals surface area contributed by atoms with Crippen molar-refractivity contribution in [3.8, 4) is 0 Å². The van der Waals surface area contributed by atoms with Crippen molar-refractivity contribution < 1.29 is 4.79 Å². The first-order valence-electron chi connectivity index (χ1n) is 7.12. The van der Waals surface area contributed by atoms with Crippen LogP contribution in [-0.2, 0) is 6.54 Å². The van der Waals surface area contributed by atoms with E-state index in [4.69, 9.17) is 5.73 Å². The van der Waals surface area contributed by atoms with Gasteiger partial charge in [-0.05, 0) is 43.5 Å². The number of carbonyl (C=O) groups excluding carboxylic acids is 1. The number of benzene rings is 1. The van der Waals surface area contributed by atoms with Gasteiger partial charge in [-0.25, -0.2) is 0 Å². The number of carbonyl (C=O) groups is 1. The van der Waals surface area contributed by atoms with E-state index in [-0.39, 0.29) is 5.91 Å². The van der Waals surface area contributed by atoms with Gasteiger partial charge in [0.15, 0.2) is 0 Å². The van der Waals surface area contributed by atoms with Crippen LogP contribution in [-0.4, -0.2) is 36.0 Å². The molecular formula is C15H21N3O. The molecule has 0 bridgehead atoms. The van der Waals surface area contributed by atoms with Crippen molar-refractivity contribution in [1.82, 2.24) is 10.2 Å². The molecule has 0 spiro atoms. The van der Waals surface area contributed by atoms with E-state index in [1.165, 1.54) is 19.4 Å². The average Bonchev–Trinajstić information content (AvgIpc) is 3.04. The molecule has 2 aliphatic heterocycles. The summed E-state index contributed by atoms with van der Waals surface area (Å²) in [6, 6.07) is 8.45. The zero-order valence-corrected chi connectivity index (χ0v) is 11.1. The molecule has 0 radical (unpaired) electrons. The van der Waals surface area contributed by atoms with Crippen molar-refractivity contribution in [2.45, 2.75) is 37.9 Å². The number of nitrogens with zero attached hydrogens (tertiary/aromatic N) is 1. The summed E-state index contributed by atoms with van der Waals surface area (Å²) < 4.78 is 0. The first kappa shape index (κ1) is 12.6. The van der Waals surface area contributed by atoms with Gasteiger partial charge >= 0.3 is 0 Å². The van der Waals surface area contributed by atoms with Crippen molar-refractivity contribution in [1.29, 1.82) is 0 Å². The second-order valence-electron chi connectivity index (χ2n) is 5.52. The third-order valence-corrected chi connectivity index (χ3v) is 4.37. The highest BCUT2D eigenvalue weighted by Crippen LogP contribution is 2.28. The highest BCUT2D eigenvalue weighted by atomic mass is 16.1. The Labute approximate surface area is 114 Å². The summed E-state index contributed by atoms with van der Waals surface area (Å²) >= 11 is 0. The van der Waals surface area contributed by atoms with E-state index in [2.05, 4.69) is 10.2 Å². The predicted octanol–water partition coefficient (Wildman–Crippen LogP) is 1.11. The van der Waals surface area contributed by atoms with Crippen molar-refractivity contribution in [2.75, 3.05) is 13.1 Å². The van der Waals surface area contributed by atoms with E-state index in [1.807, 2.05) is 24.3 Å². The molecule has 0 aromatic heterocycles. The van der Waals surface area contributed by atoms with Crippen molar-refractivity contribution >= 4 is 5.91 Å². The average molecular weight is 259 g/mol. The van der Waals surface area contributed by atoms with Crippen molar-refractivity contribution in [3.05, 3.63) is 35.4 Å². The molecule has 1 aromatic rings. The van der Waals surface area contributed by atoms with E-state index in [1.54, 1.807) is 0 Å². The maximum atomic E-state index is 12.2. The summed E-state index contributed by atoms with van der Waals surface area (Å²) in [6.07, 6.45) is 3.57. The number of nitrogens with one attached hydrogen (secondary N) is 1. The SMILES string of the molecule is NCc1ccc(C(=O)NC2CCN3CCCC23)cc1. The number of rotatable bonds is 3. The van der Waals surface area contributed by atoms with Crippen LogP contribution in [0.25, 0.3) is 0 Å². The summed E-state index contributed by atoms with van der Waals surface area (Å²) in [5, 5.41) is 3.19. The molecule has 4 nitrogen and oxygen atoms in total. The third kappa shape index (κ3) is 2.51. The van der Waals surface area contributed by atoms with Gasteiger partial charge in [0, 0.05) is 30.7 Å². The summed E-state index contributed by atoms with van der Waals surface area (Å²) in [5.74, 6) is 0.0438. The molecule has 19 heavy (non-hydrogen) atoms. The molecule has 2 saturated heterocycles. The highest BCUT2D eigenvalue weighted by Gasteiger charge is 2.37. The predicted molar refractivity (Wildman–Crippen MR) is 74.8 cm³/mol. The van der Waals surface area contributed by atoms with Gasteiger partial charge in [-0.1, -0.05) is 12.1 Å². The molecule has 102 valence electrons. The van der Waals surface area contributed by atoms with E-state index in [0.717, 1.165) is 24.1 Å². The molecule has 3 N–H and O–H groups in total. The topological polar surface area (TPSA) is 58.4 Å². The monoisotopic (exact) mass is 259 g/mol. The van der Waals surface area contributed by atoms with Crippen LogP contribution in [0.15, 0.2) is 24.3 Å². The smallest absolute Gasteiger partial charge is 0.251 e. The molecule has 2 unspecified atom stereocenters. The molecule has 2 heterocycles. The van der Waals surface area contributed by atoms with Crippen LogP contribution in [0.4, 0.5) is 0 Å². The fourth-order valence-corrected chi connectivity index (χ4v) is 3.29. The minimum absolute atomic E-state index is 0.0438. The maximum absolute atomic E-state index is 12.2. The van der Waals surface area contributed by atoms with Crippen LogP contribution >= 0.6 is 0 Å². The van der Waals surface area contributed by atoms with Crippen LogP contribution < -0.4 is 11.1 Å². The summed E-state index contributed by atoms with van der Waals surface area (Å²) in [4.78, 5) is 14.7. The minimum atomic E-state index is 0.0438. The maximum Gasteiger partial charge on any atom is 0.251 e. The van der Waals surface area contributed by atoms with E-state index < -0.39 is 0 Å². The normalized spacial score (nSPS) is 26.4. The van der Waals surface area contributed by atoms with Gasteiger partial charge in [0.2, 0.25) is 0 Å². The van der Waals surface area contributed by atoms with Crippen LogP contribution in [0.5, 0.6) is 0 Å². The zero-order valence-electron chi connectivity index (χ0n) is 11.1.